The number of nitrogens with one attached hydrogen (secondary N) is 1. The van der Waals surface area contributed by atoms with Crippen molar-refractivity contribution in [2.24, 2.45) is 5.10 Å². The summed E-state index contributed by atoms with van der Waals surface area (Å²) < 4.78 is 5.12. The molecule has 0 atom stereocenters. The third kappa shape index (κ3) is 3.82. The average molecular weight is 366 g/mol. The Labute approximate surface area is 153 Å². The van der Waals surface area contributed by atoms with Crippen molar-refractivity contribution in [3.8, 4) is 17.0 Å². The lowest BCUT2D eigenvalue weighted by Gasteiger charge is -2.02. The van der Waals surface area contributed by atoms with Crippen LogP contribution in [0, 0.1) is 17.0 Å². The molecule has 1 aromatic heterocycles. The van der Waals surface area contributed by atoms with Crippen LogP contribution in [-0.4, -0.2) is 27.3 Å². The minimum absolute atomic E-state index is 0.0924. The van der Waals surface area contributed by atoms with Crippen LogP contribution in [0.1, 0.15) is 21.7 Å². The van der Waals surface area contributed by atoms with E-state index in [9.17, 15) is 20.0 Å². The molecular formula is C18H14N4O5. The van der Waals surface area contributed by atoms with Crippen molar-refractivity contribution in [3.63, 3.8) is 0 Å². The van der Waals surface area contributed by atoms with Gasteiger partial charge in [0.25, 0.3) is 11.6 Å². The molecule has 0 saturated carbocycles. The van der Waals surface area contributed by atoms with Crippen molar-refractivity contribution in [3.05, 3.63) is 75.5 Å². The topological polar surface area (TPSA) is 131 Å². The number of rotatable bonds is 5. The number of aromatic hydroxyl groups is 1. The molecule has 1 amide bonds. The van der Waals surface area contributed by atoms with E-state index in [4.69, 9.17) is 4.52 Å². The molecule has 2 aromatic carbocycles. The van der Waals surface area contributed by atoms with Crippen LogP contribution in [-0.2, 0) is 0 Å². The monoisotopic (exact) mass is 366 g/mol. The van der Waals surface area contributed by atoms with Gasteiger partial charge >= 0.3 is 0 Å². The first-order valence-corrected chi connectivity index (χ1v) is 7.80. The highest BCUT2D eigenvalue weighted by Crippen LogP contribution is 2.25. The van der Waals surface area contributed by atoms with E-state index in [0.717, 1.165) is 18.3 Å². The second kappa shape index (κ2) is 7.48. The predicted octanol–water partition coefficient (Wildman–Crippen LogP) is 3.03. The number of nitro benzene ring substituents is 1. The first-order chi connectivity index (χ1) is 13.0. The summed E-state index contributed by atoms with van der Waals surface area (Å²) >= 11 is 0. The Bertz CT molecular complexity index is 1030. The largest absolute Gasteiger partial charge is 0.507 e. The molecule has 136 valence electrons. The van der Waals surface area contributed by atoms with Gasteiger partial charge in [0.05, 0.1) is 11.1 Å². The summed E-state index contributed by atoms with van der Waals surface area (Å²) in [6.45, 7) is 1.60. The van der Waals surface area contributed by atoms with Crippen molar-refractivity contribution in [1.29, 1.82) is 0 Å². The molecule has 3 rings (SSSR count). The summed E-state index contributed by atoms with van der Waals surface area (Å²) in [6.07, 6.45) is 1.12. The number of aromatic nitrogens is 1. The number of carbonyl (C=O) groups excluding carboxylic acids is 1. The molecule has 1 heterocycles. The lowest BCUT2D eigenvalue weighted by molar-refractivity contribution is -0.384. The number of carbonyl (C=O) groups is 1. The molecule has 0 fully saturated rings. The zero-order valence-corrected chi connectivity index (χ0v) is 14.1. The minimum Gasteiger partial charge on any atom is -0.507 e. The van der Waals surface area contributed by atoms with E-state index in [1.807, 2.05) is 18.2 Å². The van der Waals surface area contributed by atoms with Crippen LogP contribution >= 0.6 is 0 Å². The summed E-state index contributed by atoms with van der Waals surface area (Å²) in [5.41, 5.74) is 3.50. The van der Waals surface area contributed by atoms with Crippen molar-refractivity contribution >= 4 is 17.8 Å². The van der Waals surface area contributed by atoms with Crippen molar-refractivity contribution < 1.29 is 19.3 Å². The Kier molecular flexibility index (Phi) is 4.93. The van der Waals surface area contributed by atoms with Crippen LogP contribution in [0.3, 0.4) is 0 Å². The molecule has 0 radical (unpaired) electrons. The van der Waals surface area contributed by atoms with Gasteiger partial charge in [-0.15, -0.1) is 0 Å². The second-order valence-electron chi connectivity index (χ2n) is 5.53. The van der Waals surface area contributed by atoms with Gasteiger partial charge in [0, 0.05) is 23.3 Å². The number of non-ortho nitro benzene ring substituents is 1. The lowest BCUT2D eigenvalue weighted by atomic mass is 10.1. The van der Waals surface area contributed by atoms with Gasteiger partial charge in [-0.3, -0.25) is 14.9 Å². The van der Waals surface area contributed by atoms with Gasteiger partial charge in [0.15, 0.2) is 0 Å². The summed E-state index contributed by atoms with van der Waals surface area (Å²) in [5, 5.41) is 28.2. The van der Waals surface area contributed by atoms with Crippen LogP contribution < -0.4 is 5.43 Å². The van der Waals surface area contributed by atoms with E-state index in [2.05, 4.69) is 15.7 Å². The zero-order chi connectivity index (χ0) is 19.4. The van der Waals surface area contributed by atoms with Gasteiger partial charge in [-0.25, -0.2) is 5.43 Å². The number of aryl methyl sites for hydroxylation is 1. The van der Waals surface area contributed by atoms with Gasteiger partial charge in [-0.05, 0) is 13.0 Å². The van der Waals surface area contributed by atoms with Crippen LogP contribution in [0.25, 0.3) is 11.3 Å². The first kappa shape index (κ1) is 17.8. The number of hydrogen-bond acceptors (Lipinski definition) is 7. The summed E-state index contributed by atoms with van der Waals surface area (Å²) in [6, 6.07) is 12.5. The molecule has 0 aliphatic heterocycles. The molecule has 0 unspecified atom stereocenters. The fourth-order valence-corrected chi connectivity index (χ4v) is 2.41. The quantitative estimate of drug-likeness (QED) is 0.405. The van der Waals surface area contributed by atoms with Gasteiger partial charge in [-0.2, -0.15) is 5.10 Å². The van der Waals surface area contributed by atoms with Crippen LogP contribution in [0.2, 0.25) is 0 Å². The highest BCUT2D eigenvalue weighted by atomic mass is 16.6. The molecule has 3 aromatic rings. The van der Waals surface area contributed by atoms with Gasteiger partial charge in [0.2, 0.25) is 0 Å². The number of nitro groups is 1. The van der Waals surface area contributed by atoms with Crippen molar-refractivity contribution in [1.82, 2.24) is 10.6 Å². The molecule has 27 heavy (non-hydrogen) atoms. The highest BCUT2D eigenvalue weighted by Gasteiger charge is 2.21. The van der Waals surface area contributed by atoms with E-state index in [0.29, 0.717) is 17.0 Å². The predicted molar refractivity (Wildman–Crippen MR) is 96.5 cm³/mol. The Hall–Kier alpha value is -4.01. The smallest absolute Gasteiger partial charge is 0.277 e. The Morgan fingerprint density at radius 3 is 2.74 bits per heavy atom. The van der Waals surface area contributed by atoms with E-state index >= 15 is 0 Å². The molecule has 0 spiro atoms. The zero-order valence-electron chi connectivity index (χ0n) is 14.1. The Morgan fingerprint density at radius 1 is 1.30 bits per heavy atom. The molecule has 0 aliphatic rings. The third-order valence-corrected chi connectivity index (χ3v) is 3.73. The van der Waals surface area contributed by atoms with E-state index < -0.39 is 10.8 Å². The molecule has 9 nitrogen and oxygen atoms in total. The fraction of sp³-hybridized carbons (Fsp3) is 0.0556. The number of amides is 1. The van der Waals surface area contributed by atoms with Gasteiger partial charge in [-0.1, -0.05) is 35.5 Å². The second-order valence-corrected chi connectivity index (χ2v) is 5.53. The average Bonchev–Trinajstić information content (AvgIpc) is 3.05. The molecular weight excluding hydrogens is 352 g/mol. The maximum atomic E-state index is 12.5. The van der Waals surface area contributed by atoms with Crippen molar-refractivity contribution in [2.45, 2.75) is 6.92 Å². The number of phenolic OH excluding ortho intramolecular Hbond substituents is 1. The van der Waals surface area contributed by atoms with Gasteiger partial charge in [0.1, 0.15) is 22.8 Å². The number of hydrazone groups is 1. The SMILES string of the molecule is Cc1onc(-c2ccccc2)c1C(=O)N/N=C/c1cc([N+](=O)[O-])ccc1O. The number of phenols is 1. The molecule has 9 heteroatoms. The van der Waals surface area contributed by atoms with Crippen LogP contribution in [0.4, 0.5) is 5.69 Å². The molecule has 2 N–H and O–H groups in total. The first-order valence-electron chi connectivity index (χ1n) is 7.80. The number of benzene rings is 2. The molecule has 0 aliphatic carbocycles. The van der Waals surface area contributed by atoms with Gasteiger partial charge < -0.3 is 9.63 Å². The van der Waals surface area contributed by atoms with E-state index in [-0.39, 0.29) is 22.6 Å². The lowest BCUT2D eigenvalue weighted by Crippen LogP contribution is -2.18. The summed E-state index contributed by atoms with van der Waals surface area (Å²) in [4.78, 5) is 22.7. The molecule has 0 bridgehead atoms. The summed E-state index contributed by atoms with van der Waals surface area (Å²) in [7, 11) is 0. The Morgan fingerprint density at radius 2 is 2.04 bits per heavy atom. The maximum Gasteiger partial charge on any atom is 0.277 e. The maximum absolute atomic E-state index is 12.5. The van der Waals surface area contributed by atoms with Crippen molar-refractivity contribution in [2.75, 3.05) is 0 Å². The standard InChI is InChI=1S/C18H14N4O5/c1-11-16(17(21-27-11)12-5-3-2-4-6-12)18(24)20-19-10-13-9-14(22(25)26)7-8-15(13)23/h2-10,23H,1H3,(H,20,24)/b19-10+. The van der Waals surface area contributed by atoms with E-state index in [1.54, 1.807) is 19.1 Å². The normalized spacial score (nSPS) is 10.9. The third-order valence-electron chi connectivity index (χ3n) is 3.73. The van der Waals surface area contributed by atoms with Crippen LogP contribution in [0.15, 0.2) is 58.2 Å². The minimum atomic E-state index is -0.595. The summed E-state index contributed by atoms with van der Waals surface area (Å²) in [5.74, 6) is -0.446. The highest BCUT2D eigenvalue weighted by molar-refractivity contribution is 6.01. The Balaban J connectivity index is 1.82. The number of nitrogens with zero attached hydrogens (tertiary/aromatic N) is 3. The fourth-order valence-electron chi connectivity index (χ4n) is 2.41. The van der Waals surface area contributed by atoms with E-state index in [1.165, 1.54) is 6.07 Å². The van der Waals surface area contributed by atoms with Crippen LogP contribution in [0.5, 0.6) is 5.75 Å². The number of hydrogen-bond donors (Lipinski definition) is 2. The molecule has 0 saturated heterocycles.